The Morgan fingerprint density at radius 2 is 1.85 bits per heavy atom. The van der Waals surface area contributed by atoms with E-state index in [1.807, 2.05) is 6.11 Å². The second kappa shape index (κ2) is 3.47. The molecule has 5 heteroatoms. The third-order valence-electron chi connectivity index (χ3n) is 1.33. The molecule has 0 aliphatic carbocycles. The maximum absolute atomic E-state index is 10.8. The van der Waals surface area contributed by atoms with Gasteiger partial charge in [0.2, 0.25) is 10.0 Å². The molecule has 0 amide bonds. The second-order valence-electron chi connectivity index (χ2n) is 2.24. The van der Waals surface area contributed by atoms with Crippen LogP contribution >= 0.6 is 0 Å². The quantitative estimate of drug-likeness (QED) is 0.693. The molecule has 0 spiro atoms. The minimum atomic E-state index is -3.64. The highest BCUT2D eigenvalue weighted by Gasteiger charge is 2.06. The van der Waals surface area contributed by atoms with Crippen molar-refractivity contribution >= 4 is 10.0 Å². The number of primary sulfonamides is 1. The van der Waals surface area contributed by atoms with Crippen molar-refractivity contribution in [3.8, 4) is 18.3 Å². The molecule has 0 saturated heterocycles. The SMILES string of the molecule is C#COc1ccc(S(N)(=O)=O)cc1. The molecule has 0 bridgehead atoms. The molecule has 0 saturated carbocycles. The van der Waals surface area contributed by atoms with Gasteiger partial charge in [0.15, 0.2) is 0 Å². The van der Waals surface area contributed by atoms with Gasteiger partial charge in [-0.3, -0.25) is 0 Å². The van der Waals surface area contributed by atoms with Gasteiger partial charge < -0.3 is 4.74 Å². The summed E-state index contributed by atoms with van der Waals surface area (Å²) in [6.45, 7) is 0. The maximum Gasteiger partial charge on any atom is 0.238 e. The number of nitrogens with two attached hydrogens (primary N) is 1. The molecule has 0 aliphatic heterocycles. The molecule has 0 atom stereocenters. The van der Waals surface area contributed by atoms with E-state index in [4.69, 9.17) is 11.6 Å². The summed E-state index contributed by atoms with van der Waals surface area (Å²) < 4.78 is 26.3. The van der Waals surface area contributed by atoms with Crippen molar-refractivity contribution in [1.29, 1.82) is 0 Å². The lowest BCUT2D eigenvalue weighted by atomic mass is 10.3. The van der Waals surface area contributed by atoms with Gasteiger partial charge in [0.05, 0.1) is 4.90 Å². The predicted molar refractivity (Wildman–Crippen MR) is 47.3 cm³/mol. The number of sulfonamides is 1. The molecule has 0 radical (unpaired) electrons. The summed E-state index contributed by atoms with van der Waals surface area (Å²) in [7, 11) is -3.64. The first-order valence-electron chi connectivity index (χ1n) is 3.29. The first kappa shape index (κ1) is 9.58. The number of terminal acetylenes is 1. The number of hydrogen-bond donors (Lipinski definition) is 1. The summed E-state index contributed by atoms with van der Waals surface area (Å²) in [5.74, 6) is 0.398. The second-order valence-corrected chi connectivity index (χ2v) is 3.80. The molecule has 1 aromatic rings. The Bertz CT molecular complexity index is 427. The fourth-order valence-corrected chi connectivity index (χ4v) is 1.28. The standard InChI is InChI=1S/C8H7NO3S/c1-2-12-7-3-5-8(6-4-7)13(9,10)11/h1,3-6H,(H2,9,10,11). The van der Waals surface area contributed by atoms with Crippen LogP contribution in [0, 0.1) is 12.5 Å². The molecule has 0 aromatic heterocycles. The van der Waals surface area contributed by atoms with Crippen molar-refractivity contribution in [2.24, 2.45) is 5.14 Å². The van der Waals surface area contributed by atoms with Crippen molar-refractivity contribution in [3.05, 3.63) is 24.3 Å². The number of hydrogen-bond acceptors (Lipinski definition) is 3. The van der Waals surface area contributed by atoms with Crippen molar-refractivity contribution in [2.75, 3.05) is 0 Å². The zero-order valence-corrected chi connectivity index (χ0v) is 7.41. The summed E-state index contributed by atoms with van der Waals surface area (Å²) in [6.07, 6.45) is 6.83. The average molecular weight is 197 g/mol. The molecule has 0 unspecified atom stereocenters. The van der Waals surface area contributed by atoms with Crippen LogP contribution in [0.1, 0.15) is 0 Å². The van der Waals surface area contributed by atoms with Crippen LogP contribution in [0.15, 0.2) is 29.2 Å². The fourth-order valence-electron chi connectivity index (χ4n) is 0.765. The highest BCUT2D eigenvalue weighted by atomic mass is 32.2. The Labute approximate surface area is 76.4 Å². The first-order valence-corrected chi connectivity index (χ1v) is 4.84. The minimum Gasteiger partial charge on any atom is -0.408 e. The molecule has 2 N–H and O–H groups in total. The first-order chi connectivity index (χ1) is 6.04. The van der Waals surface area contributed by atoms with E-state index in [0.29, 0.717) is 5.75 Å². The Morgan fingerprint density at radius 3 is 2.23 bits per heavy atom. The van der Waals surface area contributed by atoms with Crippen molar-refractivity contribution in [2.45, 2.75) is 4.90 Å². The third-order valence-corrected chi connectivity index (χ3v) is 2.26. The monoisotopic (exact) mass is 197 g/mol. The van der Waals surface area contributed by atoms with Crippen LogP contribution in [0.2, 0.25) is 0 Å². The van der Waals surface area contributed by atoms with Gasteiger partial charge in [-0.25, -0.2) is 13.6 Å². The summed E-state index contributed by atoms with van der Waals surface area (Å²) in [4.78, 5) is 0.0249. The van der Waals surface area contributed by atoms with E-state index in [0.717, 1.165) is 0 Å². The highest BCUT2D eigenvalue weighted by molar-refractivity contribution is 7.89. The molecule has 0 heterocycles. The van der Waals surface area contributed by atoms with Gasteiger partial charge in [0.1, 0.15) is 11.9 Å². The lowest BCUT2D eigenvalue weighted by molar-refractivity contribution is 0.520. The van der Waals surface area contributed by atoms with Crippen LogP contribution in [0.5, 0.6) is 5.75 Å². The van der Waals surface area contributed by atoms with Gasteiger partial charge >= 0.3 is 0 Å². The Balaban J connectivity index is 3.03. The largest absolute Gasteiger partial charge is 0.408 e. The van der Waals surface area contributed by atoms with Gasteiger partial charge in [-0.15, -0.1) is 0 Å². The lowest BCUT2D eigenvalue weighted by Gasteiger charge is -1.98. The van der Waals surface area contributed by atoms with Crippen LogP contribution in [0.25, 0.3) is 0 Å². The summed E-state index contributed by atoms with van der Waals surface area (Å²) >= 11 is 0. The van der Waals surface area contributed by atoms with E-state index >= 15 is 0 Å². The minimum absolute atomic E-state index is 0.0249. The topological polar surface area (TPSA) is 69.4 Å². The van der Waals surface area contributed by atoms with E-state index in [-0.39, 0.29) is 4.90 Å². The lowest BCUT2D eigenvalue weighted by Crippen LogP contribution is -2.11. The van der Waals surface area contributed by atoms with Crippen molar-refractivity contribution < 1.29 is 13.2 Å². The molecular formula is C8H7NO3S. The molecule has 13 heavy (non-hydrogen) atoms. The third kappa shape index (κ3) is 2.47. The summed E-state index contributed by atoms with van der Waals surface area (Å²) in [5, 5.41) is 4.87. The number of ether oxygens (including phenoxy) is 1. The van der Waals surface area contributed by atoms with E-state index in [9.17, 15) is 8.42 Å². The molecule has 0 fully saturated rings. The predicted octanol–water partition coefficient (Wildman–Crippen LogP) is 0.304. The van der Waals surface area contributed by atoms with Crippen LogP contribution in [-0.2, 0) is 10.0 Å². The molecule has 0 aliphatic rings. The molecule has 4 nitrogen and oxygen atoms in total. The molecule has 1 rings (SSSR count). The van der Waals surface area contributed by atoms with E-state index < -0.39 is 10.0 Å². The van der Waals surface area contributed by atoms with Gasteiger partial charge in [-0.2, -0.15) is 0 Å². The molecule has 68 valence electrons. The van der Waals surface area contributed by atoms with Crippen molar-refractivity contribution in [3.63, 3.8) is 0 Å². The average Bonchev–Trinajstić information content (AvgIpc) is 2.04. The van der Waals surface area contributed by atoms with Crippen molar-refractivity contribution in [1.82, 2.24) is 0 Å². The Hall–Kier alpha value is -1.51. The Kier molecular flexibility index (Phi) is 2.56. The zero-order chi connectivity index (χ0) is 9.90. The van der Waals surface area contributed by atoms with Gasteiger partial charge in [-0.1, -0.05) is 6.42 Å². The van der Waals surface area contributed by atoms with Crippen LogP contribution in [0.4, 0.5) is 0 Å². The normalized spacial score (nSPS) is 10.5. The summed E-state index contributed by atoms with van der Waals surface area (Å²) in [6, 6.07) is 5.50. The number of rotatable bonds is 2. The zero-order valence-electron chi connectivity index (χ0n) is 6.60. The van der Waals surface area contributed by atoms with Crippen LogP contribution < -0.4 is 9.88 Å². The fraction of sp³-hybridized carbons (Fsp3) is 0. The highest BCUT2D eigenvalue weighted by Crippen LogP contribution is 2.14. The van der Waals surface area contributed by atoms with Gasteiger partial charge in [0.25, 0.3) is 0 Å². The van der Waals surface area contributed by atoms with Gasteiger partial charge in [-0.05, 0) is 24.3 Å². The van der Waals surface area contributed by atoms with Crippen LogP contribution in [-0.4, -0.2) is 8.42 Å². The molecular weight excluding hydrogens is 190 g/mol. The number of benzene rings is 1. The maximum atomic E-state index is 10.8. The van der Waals surface area contributed by atoms with E-state index in [1.54, 1.807) is 0 Å². The van der Waals surface area contributed by atoms with E-state index in [1.165, 1.54) is 24.3 Å². The summed E-state index contributed by atoms with van der Waals surface area (Å²) in [5.41, 5.74) is 0. The Morgan fingerprint density at radius 1 is 1.31 bits per heavy atom. The van der Waals surface area contributed by atoms with Crippen LogP contribution in [0.3, 0.4) is 0 Å². The van der Waals surface area contributed by atoms with Gasteiger partial charge in [0, 0.05) is 0 Å². The molecule has 1 aromatic carbocycles. The van der Waals surface area contributed by atoms with E-state index in [2.05, 4.69) is 4.74 Å². The smallest absolute Gasteiger partial charge is 0.238 e.